The van der Waals surface area contributed by atoms with Gasteiger partial charge in [-0.15, -0.1) is 0 Å². The lowest BCUT2D eigenvalue weighted by atomic mass is 9.97. The van der Waals surface area contributed by atoms with Crippen molar-refractivity contribution in [1.82, 2.24) is 0 Å². The van der Waals surface area contributed by atoms with Crippen molar-refractivity contribution in [2.45, 2.75) is 12.5 Å². The minimum Gasteiger partial charge on any atom is -0.484 e. The Morgan fingerprint density at radius 2 is 1.76 bits per heavy atom. The lowest BCUT2D eigenvalue weighted by molar-refractivity contribution is 0.00515. The first-order valence-electron chi connectivity index (χ1n) is 6.29. The van der Waals surface area contributed by atoms with Crippen LogP contribution in [0.5, 0.6) is 5.75 Å². The van der Waals surface area contributed by atoms with Crippen LogP contribution in [0, 0.1) is 11.6 Å². The molecule has 0 heterocycles. The summed E-state index contributed by atoms with van der Waals surface area (Å²) in [7, 11) is 0. The van der Waals surface area contributed by atoms with E-state index in [0.29, 0.717) is 11.8 Å². The zero-order valence-electron chi connectivity index (χ0n) is 11.3. The summed E-state index contributed by atoms with van der Waals surface area (Å²) in [6.45, 7) is 1.16. The Balaban J connectivity index is 2.18. The minimum atomic E-state index is -1.40. The summed E-state index contributed by atoms with van der Waals surface area (Å²) < 4.78 is 32.4. The first-order valence-corrected chi connectivity index (χ1v) is 6.29. The molecule has 2 aromatic rings. The molecule has 2 rings (SSSR count). The van der Waals surface area contributed by atoms with Gasteiger partial charge >= 0.3 is 0 Å². The van der Waals surface area contributed by atoms with E-state index < -0.39 is 23.0 Å². The average Bonchev–Trinajstić information content (AvgIpc) is 2.47. The van der Waals surface area contributed by atoms with Gasteiger partial charge in [0.2, 0.25) is 0 Å². The Morgan fingerprint density at radius 3 is 2.29 bits per heavy atom. The summed E-state index contributed by atoms with van der Waals surface area (Å²) in [6.07, 6.45) is 0.343. The van der Waals surface area contributed by atoms with E-state index in [1.165, 1.54) is 6.92 Å². The zero-order chi connectivity index (χ0) is 15.5. The second kappa shape index (κ2) is 6.01. The topological polar surface area (TPSA) is 46.5 Å². The molecule has 0 saturated heterocycles. The summed E-state index contributed by atoms with van der Waals surface area (Å²) in [5, 5.41) is 10.3. The van der Waals surface area contributed by atoms with Crippen LogP contribution in [0.3, 0.4) is 0 Å². The smallest absolute Gasteiger partial charge is 0.190 e. The second-order valence-corrected chi connectivity index (χ2v) is 4.86. The van der Waals surface area contributed by atoms with Crippen LogP contribution < -0.4 is 4.74 Å². The van der Waals surface area contributed by atoms with Crippen LogP contribution in [-0.2, 0) is 5.60 Å². The highest BCUT2D eigenvalue weighted by Gasteiger charge is 2.25. The maximum Gasteiger partial charge on any atom is 0.190 e. The molecule has 0 aliphatic heterocycles. The number of aldehydes is 1. The van der Waals surface area contributed by atoms with Crippen molar-refractivity contribution in [2.24, 2.45) is 0 Å². The van der Waals surface area contributed by atoms with Crippen LogP contribution in [-0.4, -0.2) is 18.0 Å². The van der Waals surface area contributed by atoms with E-state index in [1.54, 1.807) is 30.3 Å². The largest absolute Gasteiger partial charge is 0.484 e. The predicted octanol–water partition coefficient (Wildman–Crippen LogP) is 3.06. The van der Waals surface area contributed by atoms with E-state index in [2.05, 4.69) is 0 Å². The van der Waals surface area contributed by atoms with Crippen molar-refractivity contribution in [2.75, 3.05) is 6.61 Å². The first kappa shape index (κ1) is 15.1. The lowest BCUT2D eigenvalue weighted by Gasteiger charge is -2.24. The molecule has 0 aromatic heterocycles. The van der Waals surface area contributed by atoms with Gasteiger partial charge < -0.3 is 9.84 Å². The van der Waals surface area contributed by atoms with Crippen LogP contribution in [0.4, 0.5) is 8.78 Å². The molecule has 3 nitrogen and oxygen atoms in total. The molecule has 1 unspecified atom stereocenters. The number of halogens is 2. The molecule has 0 amide bonds. The molecule has 0 spiro atoms. The number of aliphatic hydroxyl groups is 1. The van der Waals surface area contributed by atoms with Gasteiger partial charge in [0.15, 0.2) is 17.4 Å². The third kappa shape index (κ3) is 3.44. The van der Waals surface area contributed by atoms with Crippen molar-refractivity contribution in [3.8, 4) is 5.75 Å². The monoisotopic (exact) mass is 292 g/mol. The number of carbonyl (C=O) groups is 1. The van der Waals surface area contributed by atoms with Gasteiger partial charge in [0, 0.05) is 5.56 Å². The highest BCUT2D eigenvalue weighted by molar-refractivity contribution is 5.75. The SMILES string of the molecule is CC(O)(COc1c(F)cc(C=O)cc1F)c1ccccc1. The van der Waals surface area contributed by atoms with Crippen molar-refractivity contribution in [1.29, 1.82) is 0 Å². The highest BCUT2D eigenvalue weighted by Crippen LogP contribution is 2.26. The van der Waals surface area contributed by atoms with E-state index in [-0.39, 0.29) is 12.2 Å². The number of carbonyl (C=O) groups excluding carboxylic acids is 1. The Morgan fingerprint density at radius 1 is 1.19 bits per heavy atom. The van der Waals surface area contributed by atoms with E-state index in [9.17, 15) is 18.7 Å². The van der Waals surface area contributed by atoms with Crippen molar-refractivity contribution in [3.05, 3.63) is 65.2 Å². The maximum atomic E-state index is 13.7. The summed E-state index contributed by atoms with van der Waals surface area (Å²) >= 11 is 0. The molecular weight excluding hydrogens is 278 g/mol. The first-order chi connectivity index (χ1) is 9.94. The van der Waals surface area contributed by atoms with Crippen LogP contribution in [0.15, 0.2) is 42.5 Å². The summed E-state index contributed by atoms with van der Waals surface area (Å²) in [4.78, 5) is 10.5. The molecule has 110 valence electrons. The van der Waals surface area contributed by atoms with Crippen LogP contribution in [0.1, 0.15) is 22.8 Å². The van der Waals surface area contributed by atoms with Gasteiger partial charge in [-0.25, -0.2) is 8.78 Å². The number of hydrogen-bond donors (Lipinski definition) is 1. The average molecular weight is 292 g/mol. The molecular formula is C16H14F2O3. The van der Waals surface area contributed by atoms with Gasteiger partial charge in [-0.3, -0.25) is 4.79 Å². The fraction of sp³-hybridized carbons (Fsp3) is 0.188. The lowest BCUT2D eigenvalue weighted by Crippen LogP contribution is -2.29. The van der Waals surface area contributed by atoms with Gasteiger partial charge in [0.1, 0.15) is 18.5 Å². The fourth-order valence-corrected chi connectivity index (χ4v) is 1.88. The van der Waals surface area contributed by atoms with Crippen molar-refractivity contribution >= 4 is 6.29 Å². The van der Waals surface area contributed by atoms with E-state index in [0.717, 1.165) is 12.1 Å². The minimum absolute atomic E-state index is 0.118. The molecule has 0 aliphatic rings. The quantitative estimate of drug-likeness (QED) is 0.862. The molecule has 2 aromatic carbocycles. The van der Waals surface area contributed by atoms with Crippen molar-refractivity contribution < 1.29 is 23.4 Å². The highest BCUT2D eigenvalue weighted by atomic mass is 19.1. The van der Waals surface area contributed by atoms with E-state index in [1.807, 2.05) is 0 Å². The summed E-state index contributed by atoms with van der Waals surface area (Å²) in [5.74, 6) is -2.58. The van der Waals surface area contributed by atoms with Crippen molar-refractivity contribution in [3.63, 3.8) is 0 Å². The third-order valence-corrected chi connectivity index (χ3v) is 3.05. The number of rotatable bonds is 5. The van der Waals surface area contributed by atoms with Gasteiger partial charge in [-0.1, -0.05) is 30.3 Å². The molecule has 0 saturated carbocycles. The van der Waals surface area contributed by atoms with Gasteiger partial charge in [0.25, 0.3) is 0 Å². The Bertz CT molecular complexity index is 616. The Hall–Kier alpha value is -2.27. The van der Waals surface area contributed by atoms with Gasteiger partial charge in [0.05, 0.1) is 0 Å². The molecule has 5 heteroatoms. The van der Waals surface area contributed by atoms with E-state index >= 15 is 0 Å². The van der Waals surface area contributed by atoms with Gasteiger partial charge in [-0.2, -0.15) is 0 Å². The molecule has 21 heavy (non-hydrogen) atoms. The number of ether oxygens (including phenoxy) is 1. The second-order valence-electron chi connectivity index (χ2n) is 4.86. The standard InChI is InChI=1S/C16H14F2O3/c1-16(20,12-5-3-2-4-6-12)10-21-15-13(17)7-11(9-19)8-14(15)18/h2-9,20H,10H2,1H3. The summed E-state index contributed by atoms with van der Waals surface area (Å²) in [6, 6.07) is 10.4. The normalized spacial score (nSPS) is 13.5. The zero-order valence-corrected chi connectivity index (χ0v) is 11.3. The molecule has 0 bridgehead atoms. The molecule has 1 atom stereocenters. The van der Waals surface area contributed by atoms with Gasteiger partial charge in [-0.05, 0) is 24.6 Å². The molecule has 0 fully saturated rings. The number of benzene rings is 2. The number of hydrogen-bond acceptors (Lipinski definition) is 3. The maximum absolute atomic E-state index is 13.7. The molecule has 1 N–H and O–H groups in total. The van der Waals surface area contributed by atoms with Crippen LogP contribution in [0.25, 0.3) is 0 Å². The van der Waals surface area contributed by atoms with Crippen LogP contribution >= 0.6 is 0 Å². The van der Waals surface area contributed by atoms with Crippen LogP contribution in [0.2, 0.25) is 0 Å². The Labute approximate surface area is 120 Å². The third-order valence-electron chi connectivity index (χ3n) is 3.05. The predicted molar refractivity (Wildman–Crippen MR) is 73.3 cm³/mol. The van der Waals surface area contributed by atoms with E-state index in [4.69, 9.17) is 4.74 Å². The fourth-order valence-electron chi connectivity index (χ4n) is 1.88. The molecule has 0 radical (unpaired) electrons. The molecule has 0 aliphatic carbocycles. The Kier molecular flexibility index (Phi) is 4.33. The summed E-state index contributed by atoms with van der Waals surface area (Å²) in [5.41, 5.74) is -0.953.